The topological polar surface area (TPSA) is 75.4 Å². The van der Waals surface area contributed by atoms with Crippen molar-refractivity contribution in [3.05, 3.63) is 0 Å². The Labute approximate surface area is 92.2 Å². The highest BCUT2D eigenvalue weighted by atomic mass is 16.3. The van der Waals surface area contributed by atoms with E-state index in [9.17, 15) is 9.90 Å². The highest BCUT2D eigenvalue weighted by Crippen LogP contribution is 2.21. The van der Waals surface area contributed by atoms with Crippen molar-refractivity contribution in [2.24, 2.45) is 5.73 Å². The molecule has 0 saturated carbocycles. The van der Waals surface area contributed by atoms with Gasteiger partial charge in [-0.1, -0.05) is 6.92 Å². The summed E-state index contributed by atoms with van der Waals surface area (Å²) in [6.07, 6.45) is 0.556. The van der Waals surface area contributed by atoms with Crippen LogP contribution in [0.4, 0.5) is 0 Å². The number of hydrogen-bond acceptors (Lipinski definition) is 3. The molecule has 0 aromatic carbocycles. The number of nitrogens with one attached hydrogen (secondary N) is 1. The molecule has 4 heteroatoms. The summed E-state index contributed by atoms with van der Waals surface area (Å²) in [6.45, 7) is 10.4. The predicted molar refractivity (Wildman–Crippen MR) is 61.4 cm³/mol. The number of carbonyl (C=O) groups excluding carboxylic acids is 1. The fourth-order valence-corrected chi connectivity index (χ4v) is 0.740. The van der Waals surface area contributed by atoms with Crippen LogP contribution in [0.5, 0.6) is 0 Å². The second-order valence-corrected chi connectivity index (χ2v) is 5.41. The van der Waals surface area contributed by atoms with Gasteiger partial charge in [-0.3, -0.25) is 4.79 Å². The van der Waals surface area contributed by atoms with E-state index in [0.717, 1.165) is 0 Å². The van der Waals surface area contributed by atoms with Crippen LogP contribution in [0.15, 0.2) is 0 Å². The average molecular weight is 216 g/mol. The van der Waals surface area contributed by atoms with Crippen molar-refractivity contribution in [3.63, 3.8) is 0 Å². The lowest BCUT2D eigenvalue weighted by Crippen LogP contribution is -2.63. The van der Waals surface area contributed by atoms with Crippen molar-refractivity contribution >= 4 is 5.91 Å². The minimum atomic E-state index is -0.994. The average Bonchev–Trinajstić information content (AvgIpc) is 2.01. The van der Waals surface area contributed by atoms with E-state index in [-0.39, 0.29) is 5.91 Å². The summed E-state index contributed by atoms with van der Waals surface area (Å²) in [7, 11) is 0. The molecule has 0 aliphatic heterocycles. The van der Waals surface area contributed by atoms with Crippen molar-refractivity contribution in [1.82, 2.24) is 5.32 Å². The zero-order chi connectivity index (χ0) is 12.5. The molecule has 0 fully saturated rings. The van der Waals surface area contributed by atoms with Gasteiger partial charge in [-0.25, -0.2) is 0 Å². The molecule has 1 unspecified atom stereocenters. The van der Waals surface area contributed by atoms with Gasteiger partial charge in [0.15, 0.2) is 0 Å². The molecule has 1 atom stereocenters. The molecule has 0 rings (SSSR count). The first-order chi connectivity index (χ1) is 6.44. The Balaban J connectivity index is 4.70. The Kier molecular flexibility index (Phi) is 3.93. The van der Waals surface area contributed by atoms with E-state index in [1.807, 2.05) is 6.92 Å². The lowest BCUT2D eigenvalue weighted by molar-refractivity contribution is -0.131. The van der Waals surface area contributed by atoms with Crippen LogP contribution < -0.4 is 11.1 Å². The first-order valence-corrected chi connectivity index (χ1v) is 5.28. The molecule has 4 N–H and O–H groups in total. The maximum atomic E-state index is 11.8. The maximum absolute atomic E-state index is 11.8. The largest absolute Gasteiger partial charge is 0.388 e. The van der Waals surface area contributed by atoms with E-state index in [1.165, 1.54) is 0 Å². The Bertz CT molecular complexity index is 239. The molecule has 0 aromatic heterocycles. The van der Waals surface area contributed by atoms with Crippen LogP contribution in [0.1, 0.15) is 48.0 Å². The van der Waals surface area contributed by atoms with E-state index in [4.69, 9.17) is 5.73 Å². The summed E-state index contributed by atoms with van der Waals surface area (Å²) in [5.41, 5.74) is 3.23. The Hall–Kier alpha value is -0.610. The van der Waals surface area contributed by atoms with Gasteiger partial charge in [0.05, 0.1) is 16.7 Å². The highest BCUT2D eigenvalue weighted by Gasteiger charge is 2.39. The molecular formula is C11H24N2O2. The first kappa shape index (κ1) is 14.4. The molecule has 15 heavy (non-hydrogen) atoms. The van der Waals surface area contributed by atoms with E-state index >= 15 is 0 Å². The molecule has 0 aliphatic carbocycles. The molecular weight excluding hydrogens is 192 g/mol. The van der Waals surface area contributed by atoms with E-state index < -0.39 is 16.7 Å². The Morgan fingerprint density at radius 1 is 1.27 bits per heavy atom. The molecule has 0 radical (unpaired) electrons. The van der Waals surface area contributed by atoms with Gasteiger partial charge in [0, 0.05) is 0 Å². The number of aliphatic hydroxyl groups is 1. The smallest absolute Gasteiger partial charge is 0.240 e. The molecule has 0 saturated heterocycles. The van der Waals surface area contributed by atoms with Crippen molar-refractivity contribution < 1.29 is 9.90 Å². The zero-order valence-electron chi connectivity index (χ0n) is 10.6. The van der Waals surface area contributed by atoms with Gasteiger partial charge < -0.3 is 16.2 Å². The third-order valence-electron chi connectivity index (χ3n) is 3.21. The van der Waals surface area contributed by atoms with Gasteiger partial charge in [0.2, 0.25) is 5.91 Å². The number of amides is 1. The van der Waals surface area contributed by atoms with E-state index in [1.54, 1.807) is 34.6 Å². The minimum absolute atomic E-state index is 0.239. The normalized spacial score (nSPS) is 17.1. The number of rotatable bonds is 4. The van der Waals surface area contributed by atoms with E-state index in [2.05, 4.69) is 5.32 Å². The number of carbonyl (C=O) groups is 1. The van der Waals surface area contributed by atoms with Crippen molar-refractivity contribution in [2.45, 2.75) is 64.6 Å². The predicted octanol–water partition coefficient (Wildman–Crippen LogP) is 0.779. The monoisotopic (exact) mass is 216 g/mol. The van der Waals surface area contributed by atoms with Gasteiger partial charge in [-0.15, -0.1) is 0 Å². The second-order valence-electron chi connectivity index (χ2n) is 5.41. The summed E-state index contributed by atoms with van der Waals surface area (Å²) in [5.74, 6) is -0.239. The molecule has 1 amide bonds. The van der Waals surface area contributed by atoms with Crippen molar-refractivity contribution in [3.8, 4) is 0 Å². The molecule has 90 valence electrons. The first-order valence-electron chi connectivity index (χ1n) is 5.28. The SMILES string of the molecule is CCC(C)(N)C(=O)NC(C)(C)C(C)(C)O. The molecule has 0 bridgehead atoms. The summed E-state index contributed by atoms with van der Waals surface area (Å²) >= 11 is 0. The molecule has 0 aromatic rings. The van der Waals surface area contributed by atoms with Crippen LogP contribution in [0.3, 0.4) is 0 Å². The quantitative estimate of drug-likeness (QED) is 0.650. The minimum Gasteiger partial charge on any atom is -0.388 e. The maximum Gasteiger partial charge on any atom is 0.240 e. The molecule has 0 spiro atoms. The van der Waals surface area contributed by atoms with Crippen LogP contribution in [-0.2, 0) is 4.79 Å². The standard InChI is InChI=1S/C11H24N2O2/c1-7-11(6,12)8(14)13-9(2,3)10(4,5)15/h15H,7,12H2,1-6H3,(H,13,14). The fraction of sp³-hybridized carbons (Fsp3) is 0.909. The van der Waals surface area contributed by atoms with Gasteiger partial charge in [0.1, 0.15) is 0 Å². The molecule has 0 heterocycles. The summed E-state index contributed by atoms with van der Waals surface area (Å²) in [4.78, 5) is 11.8. The Morgan fingerprint density at radius 2 is 1.67 bits per heavy atom. The van der Waals surface area contributed by atoms with Crippen molar-refractivity contribution in [1.29, 1.82) is 0 Å². The molecule has 4 nitrogen and oxygen atoms in total. The molecule has 0 aliphatic rings. The summed E-state index contributed by atoms with van der Waals surface area (Å²) < 4.78 is 0. The van der Waals surface area contributed by atoms with Crippen LogP contribution in [0.2, 0.25) is 0 Å². The summed E-state index contributed by atoms with van der Waals surface area (Å²) in [5, 5.41) is 12.7. The van der Waals surface area contributed by atoms with Crippen molar-refractivity contribution in [2.75, 3.05) is 0 Å². The highest BCUT2D eigenvalue weighted by molar-refractivity contribution is 5.86. The van der Waals surface area contributed by atoms with Gasteiger partial charge in [-0.05, 0) is 41.0 Å². The van der Waals surface area contributed by atoms with Crippen LogP contribution in [-0.4, -0.2) is 27.7 Å². The van der Waals surface area contributed by atoms with Gasteiger partial charge >= 0.3 is 0 Å². The number of nitrogens with two attached hydrogens (primary N) is 1. The lowest BCUT2D eigenvalue weighted by Gasteiger charge is -2.40. The third-order valence-corrected chi connectivity index (χ3v) is 3.21. The second kappa shape index (κ2) is 4.10. The fourth-order valence-electron chi connectivity index (χ4n) is 0.740. The van der Waals surface area contributed by atoms with Gasteiger partial charge in [-0.2, -0.15) is 0 Å². The zero-order valence-corrected chi connectivity index (χ0v) is 10.6. The van der Waals surface area contributed by atoms with E-state index in [0.29, 0.717) is 6.42 Å². The van der Waals surface area contributed by atoms with Crippen LogP contribution in [0.25, 0.3) is 0 Å². The van der Waals surface area contributed by atoms with Crippen LogP contribution >= 0.6 is 0 Å². The third kappa shape index (κ3) is 3.47. The van der Waals surface area contributed by atoms with Crippen LogP contribution in [0, 0.1) is 0 Å². The Morgan fingerprint density at radius 3 is 1.93 bits per heavy atom. The van der Waals surface area contributed by atoms with Gasteiger partial charge in [0.25, 0.3) is 0 Å². The summed E-state index contributed by atoms with van der Waals surface area (Å²) in [6, 6.07) is 0. The number of hydrogen-bond donors (Lipinski definition) is 3. The lowest BCUT2D eigenvalue weighted by atomic mass is 9.84.